The van der Waals surface area contributed by atoms with Crippen LogP contribution in [0.3, 0.4) is 0 Å². The van der Waals surface area contributed by atoms with Gasteiger partial charge in [-0.05, 0) is 69.4 Å². The average molecular weight is 316 g/mol. The molecule has 0 aromatic heterocycles. The average Bonchev–Trinajstić information content (AvgIpc) is 3.10. The zero-order chi connectivity index (χ0) is 16.1. The predicted molar refractivity (Wildman–Crippen MR) is 95.5 cm³/mol. The van der Waals surface area contributed by atoms with Gasteiger partial charge in [0.15, 0.2) is 0 Å². The number of aliphatic hydroxyl groups is 1. The Kier molecular flexibility index (Phi) is 5.73. The lowest BCUT2D eigenvalue weighted by molar-refractivity contribution is 0.0164. The lowest BCUT2D eigenvalue weighted by Gasteiger charge is -2.43. The smallest absolute Gasteiger partial charge is 0.0500 e. The normalized spacial score (nSPS) is 22.5. The Balaban J connectivity index is 1.56. The highest BCUT2D eigenvalue weighted by atomic mass is 16.3. The fraction of sp³-hybridized carbons (Fsp3) is 0.700. The number of rotatable bonds is 6. The number of hydrogen-bond donors (Lipinski definition) is 1. The topological polar surface area (TPSA) is 26.7 Å². The molecule has 0 bridgehead atoms. The maximum atomic E-state index is 10.0. The van der Waals surface area contributed by atoms with E-state index < -0.39 is 0 Å². The molecule has 128 valence electrons. The Bertz CT molecular complexity index is 488. The van der Waals surface area contributed by atoms with Crippen molar-refractivity contribution in [2.45, 2.75) is 45.6 Å². The van der Waals surface area contributed by atoms with Gasteiger partial charge in [0.25, 0.3) is 0 Å². The van der Waals surface area contributed by atoms with Gasteiger partial charge in [0.2, 0.25) is 0 Å². The first-order valence-corrected chi connectivity index (χ1v) is 9.37. The van der Waals surface area contributed by atoms with Crippen LogP contribution in [-0.2, 0) is 13.0 Å². The van der Waals surface area contributed by atoms with Crippen molar-refractivity contribution in [3.05, 3.63) is 35.4 Å². The van der Waals surface area contributed by atoms with Crippen LogP contribution in [0.5, 0.6) is 0 Å². The van der Waals surface area contributed by atoms with E-state index >= 15 is 0 Å². The second-order valence-electron chi connectivity index (χ2n) is 7.54. The maximum absolute atomic E-state index is 10.0. The summed E-state index contributed by atoms with van der Waals surface area (Å²) in [5.41, 5.74) is 3.10. The minimum atomic E-state index is 0.144. The first-order valence-electron chi connectivity index (χ1n) is 9.37. The van der Waals surface area contributed by atoms with Crippen LogP contribution in [0.1, 0.15) is 43.7 Å². The fourth-order valence-electron chi connectivity index (χ4n) is 4.26. The van der Waals surface area contributed by atoms with Crippen molar-refractivity contribution in [3.8, 4) is 0 Å². The molecule has 1 aromatic rings. The molecule has 3 rings (SSSR count). The lowest BCUT2D eigenvalue weighted by Crippen LogP contribution is -2.47. The Morgan fingerprint density at radius 2 is 1.61 bits per heavy atom. The largest absolute Gasteiger partial charge is 0.396 e. The molecule has 0 spiro atoms. The first-order chi connectivity index (χ1) is 11.2. The van der Waals surface area contributed by atoms with Crippen molar-refractivity contribution < 1.29 is 5.11 Å². The SMILES string of the molecule is CCc1ccccc1CN1CCC(CO)(CN2CCCC2)CC1. The molecular weight excluding hydrogens is 284 g/mol. The molecule has 1 N–H and O–H groups in total. The molecule has 2 saturated heterocycles. The summed E-state index contributed by atoms with van der Waals surface area (Å²) in [4.78, 5) is 5.14. The molecule has 3 heteroatoms. The number of benzene rings is 1. The molecular formula is C20H32N2O. The summed E-state index contributed by atoms with van der Waals surface area (Å²) in [6, 6.07) is 8.83. The summed E-state index contributed by atoms with van der Waals surface area (Å²) in [5, 5.41) is 10.0. The second-order valence-corrected chi connectivity index (χ2v) is 7.54. The Hall–Kier alpha value is -0.900. The van der Waals surface area contributed by atoms with Crippen LogP contribution < -0.4 is 0 Å². The third kappa shape index (κ3) is 4.14. The lowest BCUT2D eigenvalue weighted by atomic mass is 9.78. The molecule has 2 aliphatic heterocycles. The Morgan fingerprint density at radius 3 is 2.22 bits per heavy atom. The molecule has 0 amide bonds. The van der Waals surface area contributed by atoms with E-state index in [1.165, 1.54) is 37.1 Å². The third-order valence-corrected chi connectivity index (χ3v) is 5.90. The first kappa shape index (κ1) is 16.9. The highest BCUT2D eigenvalue weighted by Gasteiger charge is 2.36. The van der Waals surface area contributed by atoms with Gasteiger partial charge >= 0.3 is 0 Å². The number of piperidine rings is 1. The van der Waals surface area contributed by atoms with Gasteiger partial charge in [0.05, 0.1) is 6.61 Å². The van der Waals surface area contributed by atoms with Gasteiger partial charge in [0, 0.05) is 18.5 Å². The quantitative estimate of drug-likeness (QED) is 0.874. The number of aryl methyl sites for hydroxylation is 1. The van der Waals surface area contributed by atoms with E-state index in [1.807, 2.05) is 0 Å². The number of nitrogens with zero attached hydrogens (tertiary/aromatic N) is 2. The minimum absolute atomic E-state index is 0.144. The van der Waals surface area contributed by atoms with E-state index in [-0.39, 0.29) is 5.41 Å². The van der Waals surface area contributed by atoms with Crippen molar-refractivity contribution >= 4 is 0 Å². The molecule has 2 aliphatic rings. The van der Waals surface area contributed by atoms with Gasteiger partial charge < -0.3 is 10.0 Å². The molecule has 1 aromatic carbocycles. The van der Waals surface area contributed by atoms with Crippen LogP contribution in [0.25, 0.3) is 0 Å². The summed E-state index contributed by atoms with van der Waals surface area (Å²) < 4.78 is 0. The molecule has 0 atom stereocenters. The number of hydrogen-bond acceptors (Lipinski definition) is 3. The molecule has 2 fully saturated rings. The molecule has 23 heavy (non-hydrogen) atoms. The molecule has 0 saturated carbocycles. The van der Waals surface area contributed by atoms with Crippen molar-refractivity contribution in [3.63, 3.8) is 0 Å². The van der Waals surface area contributed by atoms with Gasteiger partial charge in [0.1, 0.15) is 0 Å². The molecule has 0 aliphatic carbocycles. The van der Waals surface area contributed by atoms with Crippen molar-refractivity contribution in [2.75, 3.05) is 39.3 Å². The van der Waals surface area contributed by atoms with E-state index in [2.05, 4.69) is 41.0 Å². The standard InChI is InChI=1S/C20H32N2O/c1-2-18-7-3-4-8-19(18)15-21-13-9-20(17-23,10-14-21)16-22-11-5-6-12-22/h3-4,7-8,23H,2,5-6,9-17H2,1H3. The highest BCUT2D eigenvalue weighted by molar-refractivity contribution is 5.27. The van der Waals surface area contributed by atoms with E-state index in [0.717, 1.165) is 45.4 Å². The van der Waals surface area contributed by atoms with Gasteiger partial charge in [-0.3, -0.25) is 4.90 Å². The predicted octanol–water partition coefficient (Wildman–Crippen LogP) is 2.92. The van der Waals surface area contributed by atoms with Crippen molar-refractivity contribution in [1.29, 1.82) is 0 Å². The third-order valence-electron chi connectivity index (χ3n) is 5.90. The number of likely N-dealkylation sites (tertiary alicyclic amines) is 2. The van der Waals surface area contributed by atoms with Crippen LogP contribution in [0, 0.1) is 5.41 Å². The highest BCUT2D eigenvalue weighted by Crippen LogP contribution is 2.33. The van der Waals surface area contributed by atoms with Crippen LogP contribution in [0.15, 0.2) is 24.3 Å². The van der Waals surface area contributed by atoms with Crippen LogP contribution >= 0.6 is 0 Å². The van der Waals surface area contributed by atoms with Gasteiger partial charge in [-0.25, -0.2) is 0 Å². The second kappa shape index (κ2) is 7.78. The summed E-state index contributed by atoms with van der Waals surface area (Å²) in [7, 11) is 0. The van der Waals surface area contributed by atoms with Gasteiger partial charge in [-0.1, -0.05) is 31.2 Å². The summed E-state index contributed by atoms with van der Waals surface area (Å²) in [6.45, 7) is 9.45. The number of aliphatic hydroxyl groups excluding tert-OH is 1. The van der Waals surface area contributed by atoms with E-state index in [1.54, 1.807) is 0 Å². The summed E-state index contributed by atoms with van der Waals surface area (Å²) in [5.74, 6) is 0. The summed E-state index contributed by atoms with van der Waals surface area (Å²) >= 11 is 0. The fourth-order valence-corrected chi connectivity index (χ4v) is 4.26. The van der Waals surface area contributed by atoms with Crippen molar-refractivity contribution in [2.24, 2.45) is 5.41 Å². The van der Waals surface area contributed by atoms with Crippen LogP contribution in [0.2, 0.25) is 0 Å². The Morgan fingerprint density at radius 1 is 0.957 bits per heavy atom. The molecule has 0 radical (unpaired) electrons. The zero-order valence-corrected chi connectivity index (χ0v) is 14.6. The van der Waals surface area contributed by atoms with Gasteiger partial charge in [-0.15, -0.1) is 0 Å². The Labute approximate surface area is 141 Å². The molecule has 0 unspecified atom stereocenters. The van der Waals surface area contributed by atoms with Crippen LogP contribution in [-0.4, -0.2) is 54.2 Å². The molecule has 2 heterocycles. The maximum Gasteiger partial charge on any atom is 0.0500 e. The van der Waals surface area contributed by atoms with Crippen molar-refractivity contribution in [1.82, 2.24) is 9.80 Å². The molecule has 3 nitrogen and oxygen atoms in total. The van der Waals surface area contributed by atoms with Crippen LogP contribution in [0.4, 0.5) is 0 Å². The minimum Gasteiger partial charge on any atom is -0.396 e. The van der Waals surface area contributed by atoms with Gasteiger partial charge in [-0.2, -0.15) is 0 Å². The van der Waals surface area contributed by atoms with E-state index in [4.69, 9.17) is 0 Å². The monoisotopic (exact) mass is 316 g/mol. The zero-order valence-electron chi connectivity index (χ0n) is 14.6. The summed E-state index contributed by atoms with van der Waals surface area (Å²) in [6.07, 6.45) is 6.05. The van der Waals surface area contributed by atoms with E-state index in [9.17, 15) is 5.11 Å². The van der Waals surface area contributed by atoms with E-state index in [0.29, 0.717) is 6.61 Å².